The van der Waals surface area contributed by atoms with Crippen molar-refractivity contribution in [1.29, 1.82) is 0 Å². The predicted octanol–water partition coefficient (Wildman–Crippen LogP) is 1.10. The number of hydrogen-bond donors (Lipinski definition) is 3. The van der Waals surface area contributed by atoms with Gasteiger partial charge in [0.25, 0.3) is 5.56 Å². The number of carbonyl (C=O) groups is 1. The number of nitrogens with one attached hydrogen (secondary N) is 3. The van der Waals surface area contributed by atoms with Crippen molar-refractivity contribution >= 4 is 12.1 Å². The van der Waals surface area contributed by atoms with Gasteiger partial charge in [-0.3, -0.25) is 14.7 Å². The first-order chi connectivity index (χ1) is 10.6. The molecule has 1 aromatic heterocycles. The van der Waals surface area contributed by atoms with Crippen LogP contribution in [0.5, 0.6) is 5.75 Å². The van der Waals surface area contributed by atoms with Crippen molar-refractivity contribution in [2.45, 2.75) is 19.8 Å². The SMILES string of the molecule is COc1ccccc1C=NNC(=O)CCc1c(C)[nH][nH]c1=O. The first-order valence-corrected chi connectivity index (χ1v) is 6.83. The molecular weight excluding hydrogens is 284 g/mol. The topological polar surface area (TPSA) is 99.3 Å². The number of H-pyrrole nitrogens is 2. The highest BCUT2D eigenvalue weighted by Gasteiger charge is 2.08. The lowest BCUT2D eigenvalue weighted by Crippen LogP contribution is -2.19. The highest BCUT2D eigenvalue weighted by Crippen LogP contribution is 2.14. The van der Waals surface area contributed by atoms with Gasteiger partial charge < -0.3 is 9.84 Å². The molecule has 116 valence electrons. The summed E-state index contributed by atoms with van der Waals surface area (Å²) in [4.78, 5) is 23.2. The van der Waals surface area contributed by atoms with Crippen LogP contribution in [0.3, 0.4) is 0 Å². The number of para-hydroxylation sites is 1. The van der Waals surface area contributed by atoms with Gasteiger partial charge in [0.05, 0.1) is 13.3 Å². The number of carbonyl (C=O) groups excluding carboxylic acids is 1. The fourth-order valence-electron chi connectivity index (χ4n) is 2.01. The van der Waals surface area contributed by atoms with Crippen LogP contribution < -0.4 is 15.7 Å². The number of aryl methyl sites for hydroxylation is 1. The summed E-state index contributed by atoms with van der Waals surface area (Å²) >= 11 is 0. The molecule has 0 aliphatic carbocycles. The van der Waals surface area contributed by atoms with Crippen LogP contribution in [0.4, 0.5) is 0 Å². The van der Waals surface area contributed by atoms with Gasteiger partial charge in [-0.1, -0.05) is 12.1 Å². The number of aromatic nitrogens is 2. The second-order valence-corrected chi connectivity index (χ2v) is 4.72. The molecule has 2 aromatic rings. The zero-order chi connectivity index (χ0) is 15.9. The van der Waals surface area contributed by atoms with Gasteiger partial charge in [0.2, 0.25) is 5.91 Å². The zero-order valence-electron chi connectivity index (χ0n) is 12.5. The number of hydrazone groups is 1. The summed E-state index contributed by atoms with van der Waals surface area (Å²) in [5.41, 5.74) is 4.34. The number of amides is 1. The van der Waals surface area contributed by atoms with Crippen LogP contribution in [-0.4, -0.2) is 29.4 Å². The molecule has 7 heteroatoms. The fourth-order valence-corrected chi connectivity index (χ4v) is 2.01. The number of hydrogen-bond acceptors (Lipinski definition) is 4. The van der Waals surface area contributed by atoms with E-state index in [1.54, 1.807) is 14.0 Å². The molecular formula is C15H18N4O3. The first kappa shape index (κ1) is 15.6. The zero-order valence-corrected chi connectivity index (χ0v) is 12.5. The van der Waals surface area contributed by atoms with Crippen LogP contribution in [0.25, 0.3) is 0 Å². The summed E-state index contributed by atoms with van der Waals surface area (Å²) in [6.45, 7) is 1.78. The molecule has 22 heavy (non-hydrogen) atoms. The number of methoxy groups -OCH3 is 1. The maximum Gasteiger partial charge on any atom is 0.267 e. The largest absolute Gasteiger partial charge is 0.496 e. The number of aromatic amines is 2. The van der Waals surface area contributed by atoms with Crippen LogP contribution in [0.15, 0.2) is 34.2 Å². The smallest absolute Gasteiger partial charge is 0.267 e. The molecule has 3 N–H and O–H groups in total. The number of ether oxygens (including phenoxy) is 1. The molecule has 0 atom stereocenters. The van der Waals surface area contributed by atoms with Gasteiger partial charge in [0.1, 0.15) is 5.75 Å². The van der Waals surface area contributed by atoms with Crippen LogP contribution in [0.1, 0.15) is 23.2 Å². The highest BCUT2D eigenvalue weighted by atomic mass is 16.5. The van der Waals surface area contributed by atoms with E-state index < -0.39 is 0 Å². The Balaban J connectivity index is 1.88. The summed E-state index contributed by atoms with van der Waals surface area (Å²) < 4.78 is 5.18. The molecule has 0 bridgehead atoms. The van der Waals surface area contributed by atoms with Gasteiger partial charge >= 0.3 is 0 Å². The van der Waals surface area contributed by atoms with E-state index in [0.717, 1.165) is 11.3 Å². The lowest BCUT2D eigenvalue weighted by atomic mass is 10.1. The van der Waals surface area contributed by atoms with E-state index in [2.05, 4.69) is 20.7 Å². The second kappa shape index (κ2) is 7.26. The van der Waals surface area contributed by atoms with E-state index in [0.29, 0.717) is 17.7 Å². The molecule has 0 aliphatic heterocycles. The molecule has 0 saturated heterocycles. The Hall–Kier alpha value is -2.83. The maximum atomic E-state index is 11.7. The van der Waals surface area contributed by atoms with Crippen LogP contribution in [0.2, 0.25) is 0 Å². The highest BCUT2D eigenvalue weighted by molar-refractivity contribution is 5.85. The second-order valence-electron chi connectivity index (χ2n) is 4.72. The maximum absolute atomic E-state index is 11.7. The van der Waals surface area contributed by atoms with Crippen molar-refractivity contribution in [2.75, 3.05) is 7.11 Å². The van der Waals surface area contributed by atoms with Crippen molar-refractivity contribution in [2.24, 2.45) is 5.10 Å². The summed E-state index contributed by atoms with van der Waals surface area (Å²) in [5, 5.41) is 9.10. The fraction of sp³-hybridized carbons (Fsp3) is 0.267. The first-order valence-electron chi connectivity index (χ1n) is 6.83. The van der Waals surface area contributed by atoms with E-state index in [1.807, 2.05) is 24.3 Å². The van der Waals surface area contributed by atoms with Crippen LogP contribution in [0, 0.1) is 6.92 Å². The molecule has 0 radical (unpaired) electrons. The van der Waals surface area contributed by atoms with Gasteiger partial charge in [-0.15, -0.1) is 0 Å². The third-order valence-corrected chi connectivity index (χ3v) is 3.22. The van der Waals surface area contributed by atoms with Crippen molar-refractivity contribution in [3.8, 4) is 5.75 Å². The molecule has 2 rings (SSSR count). The summed E-state index contributed by atoms with van der Waals surface area (Å²) in [6, 6.07) is 7.35. The quantitative estimate of drug-likeness (QED) is 0.550. The summed E-state index contributed by atoms with van der Waals surface area (Å²) in [5.74, 6) is 0.418. The average Bonchev–Trinajstić information content (AvgIpc) is 2.84. The third-order valence-electron chi connectivity index (χ3n) is 3.22. The van der Waals surface area contributed by atoms with E-state index in [1.165, 1.54) is 6.21 Å². The number of benzene rings is 1. The van der Waals surface area contributed by atoms with E-state index in [4.69, 9.17) is 4.74 Å². The molecule has 7 nitrogen and oxygen atoms in total. The van der Waals surface area contributed by atoms with Crippen molar-refractivity contribution in [1.82, 2.24) is 15.6 Å². The normalized spacial score (nSPS) is 10.8. The van der Waals surface area contributed by atoms with Crippen molar-refractivity contribution in [3.05, 3.63) is 51.4 Å². The Bertz CT molecular complexity index is 730. The van der Waals surface area contributed by atoms with Gasteiger partial charge in [0, 0.05) is 23.2 Å². The Labute approximate surface area is 127 Å². The minimum Gasteiger partial charge on any atom is -0.496 e. The van der Waals surface area contributed by atoms with Gasteiger partial charge in [0.15, 0.2) is 0 Å². The standard InChI is InChI=1S/C15H18N4O3/c1-10-12(15(21)19-17-10)7-8-14(20)18-16-9-11-5-3-4-6-13(11)22-2/h3-6,9H,7-8H2,1-2H3,(H,18,20)(H2,17,19,21). The average molecular weight is 302 g/mol. The van der Waals surface area contributed by atoms with Gasteiger partial charge in [-0.2, -0.15) is 5.10 Å². The monoisotopic (exact) mass is 302 g/mol. The van der Waals surface area contributed by atoms with E-state index in [-0.39, 0.29) is 17.9 Å². The van der Waals surface area contributed by atoms with Gasteiger partial charge in [-0.05, 0) is 25.5 Å². The lowest BCUT2D eigenvalue weighted by Gasteiger charge is -2.03. The van der Waals surface area contributed by atoms with E-state index in [9.17, 15) is 9.59 Å². The molecule has 1 heterocycles. The Morgan fingerprint density at radius 2 is 2.14 bits per heavy atom. The minimum atomic E-state index is -0.258. The van der Waals surface area contributed by atoms with E-state index >= 15 is 0 Å². The molecule has 0 fully saturated rings. The van der Waals surface area contributed by atoms with Gasteiger partial charge in [-0.25, -0.2) is 5.43 Å². The van der Waals surface area contributed by atoms with Crippen LogP contribution >= 0.6 is 0 Å². The Kier molecular flexibility index (Phi) is 5.13. The molecule has 0 spiro atoms. The third kappa shape index (κ3) is 3.85. The summed E-state index contributed by atoms with van der Waals surface area (Å²) in [6.07, 6.45) is 2.07. The predicted molar refractivity (Wildman–Crippen MR) is 83.2 cm³/mol. The number of rotatable bonds is 6. The lowest BCUT2D eigenvalue weighted by molar-refractivity contribution is -0.121. The summed E-state index contributed by atoms with van der Waals surface area (Å²) in [7, 11) is 1.57. The minimum absolute atomic E-state index is 0.186. The molecule has 0 aliphatic rings. The van der Waals surface area contributed by atoms with Crippen LogP contribution in [-0.2, 0) is 11.2 Å². The Morgan fingerprint density at radius 1 is 1.36 bits per heavy atom. The molecule has 1 amide bonds. The molecule has 0 saturated carbocycles. The number of nitrogens with zero attached hydrogens (tertiary/aromatic N) is 1. The Morgan fingerprint density at radius 3 is 2.82 bits per heavy atom. The van der Waals surface area contributed by atoms with Crippen molar-refractivity contribution in [3.63, 3.8) is 0 Å². The molecule has 1 aromatic carbocycles. The molecule has 0 unspecified atom stereocenters. The van der Waals surface area contributed by atoms with Crippen molar-refractivity contribution < 1.29 is 9.53 Å².